The molecule has 1 rings (SSSR count). The molecule has 0 amide bonds. The summed E-state index contributed by atoms with van der Waals surface area (Å²) < 4.78 is 10.6. The van der Waals surface area contributed by atoms with Gasteiger partial charge in [0, 0.05) is 11.8 Å². The normalized spacial score (nSPS) is 10.8. The van der Waals surface area contributed by atoms with E-state index in [1.807, 2.05) is 34.6 Å². The van der Waals surface area contributed by atoms with E-state index < -0.39 is 0 Å². The molecule has 1 heterocycles. The third-order valence-electron chi connectivity index (χ3n) is 1.96. The van der Waals surface area contributed by atoms with E-state index in [-0.39, 0.29) is 18.2 Å². The van der Waals surface area contributed by atoms with E-state index in [0.29, 0.717) is 11.4 Å². The molecule has 4 nitrogen and oxygen atoms in total. The van der Waals surface area contributed by atoms with Crippen LogP contribution in [-0.4, -0.2) is 23.2 Å². The van der Waals surface area contributed by atoms with Crippen LogP contribution in [0.5, 0.6) is 5.88 Å². The highest BCUT2D eigenvalue weighted by molar-refractivity contribution is 5.89. The highest BCUT2D eigenvalue weighted by atomic mass is 16.5. The molecule has 0 fully saturated rings. The number of rotatable bonds is 4. The Hall–Kier alpha value is -1.58. The Morgan fingerprint density at radius 3 is 2.35 bits per heavy atom. The second-order valence-corrected chi connectivity index (χ2v) is 4.47. The number of hydrogen-bond acceptors (Lipinski definition) is 4. The van der Waals surface area contributed by atoms with E-state index in [0.717, 1.165) is 5.56 Å². The Morgan fingerprint density at radius 1 is 1.24 bits per heavy atom. The van der Waals surface area contributed by atoms with Crippen molar-refractivity contribution in [1.82, 2.24) is 4.98 Å². The molecular weight excluding hydrogens is 218 g/mol. The topological polar surface area (TPSA) is 48.4 Å². The summed E-state index contributed by atoms with van der Waals surface area (Å²) in [7, 11) is 0. The zero-order valence-electron chi connectivity index (χ0n) is 11.0. The first-order valence-corrected chi connectivity index (χ1v) is 5.74. The van der Waals surface area contributed by atoms with E-state index in [1.54, 1.807) is 6.07 Å². The fourth-order valence-electron chi connectivity index (χ4n) is 1.30. The Balaban J connectivity index is 2.85. The smallest absolute Gasteiger partial charge is 0.339 e. The van der Waals surface area contributed by atoms with Crippen LogP contribution in [0.3, 0.4) is 0 Å². The number of hydrogen-bond donors (Lipinski definition) is 0. The lowest BCUT2D eigenvalue weighted by molar-refractivity contribution is 0.0377. The van der Waals surface area contributed by atoms with Crippen molar-refractivity contribution >= 4 is 5.97 Å². The zero-order valence-corrected chi connectivity index (χ0v) is 11.0. The van der Waals surface area contributed by atoms with Crippen LogP contribution in [0.1, 0.15) is 43.6 Å². The molecule has 0 aliphatic heterocycles. The molecule has 0 radical (unpaired) electrons. The maximum absolute atomic E-state index is 11.6. The SMILES string of the molecule is Cc1cc(C(=O)OC(C)C)cnc1OC(C)C. The van der Waals surface area contributed by atoms with Crippen LogP contribution >= 0.6 is 0 Å². The molecule has 0 spiro atoms. The predicted octanol–water partition coefficient (Wildman–Crippen LogP) is 2.74. The number of esters is 1. The van der Waals surface area contributed by atoms with Gasteiger partial charge < -0.3 is 9.47 Å². The monoisotopic (exact) mass is 237 g/mol. The second-order valence-electron chi connectivity index (χ2n) is 4.47. The number of aryl methyl sites for hydroxylation is 1. The quantitative estimate of drug-likeness (QED) is 0.755. The Labute approximate surface area is 102 Å². The van der Waals surface area contributed by atoms with Gasteiger partial charge in [0.15, 0.2) is 0 Å². The van der Waals surface area contributed by atoms with Crippen molar-refractivity contribution < 1.29 is 14.3 Å². The summed E-state index contributed by atoms with van der Waals surface area (Å²) in [6.07, 6.45) is 1.42. The minimum absolute atomic E-state index is 0.0645. The largest absolute Gasteiger partial charge is 0.475 e. The first-order valence-electron chi connectivity index (χ1n) is 5.74. The summed E-state index contributed by atoms with van der Waals surface area (Å²) in [5.74, 6) is 0.202. The fraction of sp³-hybridized carbons (Fsp3) is 0.538. The summed E-state index contributed by atoms with van der Waals surface area (Å²) in [5.41, 5.74) is 1.28. The summed E-state index contributed by atoms with van der Waals surface area (Å²) in [4.78, 5) is 15.8. The van der Waals surface area contributed by atoms with Crippen LogP contribution in [-0.2, 0) is 4.74 Å². The van der Waals surface area contributed by atoms with Crippen LogP contribution in [0.2, 0.25) is 0 Å². The van der Waals surface area contributed by atoms with Crippen LogP contribution in [0.25, 0.3) is 0 Å². The van der Waals surface area contributed by atoms with Crippen LogP contribution in [0.15, 0.2) is 12.3 Å². The number of nitrogens with zero attached hydrogens (tertiary/aromatic N) is 1. The molecule has 0 N–H and O–H groups in total. The highest BCUT2D eigenvalue weighted by Crippen LogP contribution is 2.17. The summed E-state index contributed by atoms with van der Waals surface area (Å²) in [6.45, 7) is 9.35. The predicted molar refractivity (Wildman–Crippen MR) is 65.3 cm³/mol. The molecular formula is C13H19NO3. The van der Waals surface area contributed by atoms with Crippen LogP contribution < -0.4 is 4.74 Å². The molecule has 0 bridgehead atoms. The molecule has 0 aliphatic carbocycles. The number of pyridine rings is 1. The van der Waals surface area contributed by atoms with Gasteiger partial charge >= 0.3 is 5.97 Å². The van der Waals surface area contributed by atoms with Gasteiger partial charge in [-0.3, -0.25) is 0 Å². The third-order valence-corrected chi connectivity index (χ3v) is 1.96. The molecule has 0 atom stereocenters. The van der Waals surface area contributed by atoms with Crippen molar-refractivity contribution in [3.63, 3.8) is 0 Å². The van der Waals surface area contributed by atoms with Gasteiger partial charge in [0.05, 0.1) is 17.8 Å². The minimum Gasteiger partial charge on any atom is -0.475 e. The van der Waals surface area contributed by atoms with Crippen molar-refractivity contribution in [2.45, 2.75) is 46.8 Å². The lowest BCUT2D eigenvalue weighted by atomic mass is 10.2. The molecule has 0 aromatic carbocycles. The number of carbonyl (C=O) groups is 1. The highest BCUT2D eigenvalue weighted by Gasteiger charge is 2.12. The summed E-state index contributed by atoms with van der Waals surface area (Å²) >= 11 is 0. The standard InChI is InChI=1S/C13H19NO3/c1-8(2)16-12-10(5)6-11(7-14-12)13(15)17-9(3)4/h6-9H,1-5H3. The van der Waals surface area contributed by atoms with Crippen molar-refractivity contribution in [3.8, 4) is 5.88 Å². The van der Waals surface area contributed by atoms with Crippen molar-refractivity contribution in [3.05, 3.63) is 23.4 Å². The zero-order chi connectivity index (χ0) is 13.0. The number of carbonyl (C=O) groups excluding carboxylic acids is 1. The van der Waals surface area contributed by atoms with Crippen molar-refractivity contribution in [2.75, 3.05) is 0 Å². The molecule has 4 heteroatoms. The molecule has 94 valence electrons. The number of aromatic nitrogens is 1. The average Bonchev–Trinajstić information content (AvgIpc) is 2.19. The van der Waals surface area contributed by atoms with E-state index >= 15 is 0 Å². The first kappa shape index (κ1) is 13.5. The second kappa shape index (κ2) is 5.66. The Bertz CT molecular complexity index is 400. The van der Waals surface area contributed by atoms with Gasteiger partial charge in [0.25, 0.3) is 0 Å². The molecule has 0 saturated carbocycles. The Morgan fingerprint density at radius 2 is 1.88 bits per heavy atom. The summed E-state index contributed by atoms with van der Waals surface area (Å²) in [5, 5.41) is 0. The minimum atomic E-state index is -0.355. The maximum Gasteiger partial charge on any atom is 0.339 e. The van der Waals surface area contributed by atoms with Crippen molar-refractivity contribution in [1.29, 1.82) is 0 Å². The third kappa shape index (κ3) is 4.06. The van der Waals surface area contributed by atoms with E-state index in [2.05, 4.69) is 4.98 Å². The van der Waals surface area contributed by atoms with Crippen LogP contribution in [0, 0.1) is 6.92 Å². The first-order chi connectivity index (χ1) is 7.90. The number of ether oxygens (including phenoxy) is 2. The fourth-order valence-corrected chi connectivity index (χ4v) is 1.30. The average molecular weight is 237 g/mol. The van der Waals surface area contributed by atoms with Crippen LogP contribution in [0.4, 0.5) is 0 Å². The van der Waals surface area contributed by atoms with Gasteiger partial charge in [0.1, 0.15) is 0 Å². The van der Waals surface area contributed by atoms with Gasteiger partial charge in [-0.15, -0.1) is 0 Å². The molecule has 0 saturated heterocycles. The van der Waals surface area contributed by atoms with E-state index in [1.165, 1.54) is 6.20 Å². The lowest BCUT2D eigenvalue weighted by Gasteiger charge is -2.12. The maximum atomic E-state index is 11.6. The molecule has 1 aromatic rings. The molecule has 17 heavy (non-hydrogen) atoms. The van der Waals surface area contributed by atoms with E-state index in [9.17, 15) is 4.79 Å². The van der Waals surface area contributed by atoms with Gasteiger partial charge in [-0.2, -0.15) is 0 Å². The van der Waals surface area contributed by atoms with Gasteiger partial charge in [-0.05, 0) is 40.7 Å². The van der Waals surface area contributed by atoms with Gasteiger partial charge in [-0.25, -0.2) is 9.78 Å². The lowest BCUT2D eigenvalue weighted by Crippen LogP contribution is -2.13. The van der Waals surface area contributed by atoms with Gasteiger partial charge in [-0.1, -0.05) is 0 Å². The molecule has 1 aromatic heterocycles. The van der Waals surface area contributed by atoms with Crippen molar-refractivity contribution in [2.24, 2.45) is 0 Å². The summed E-state index contributed by atoms with van der Waals surface area (Å²) in [6, 6.07) is 1.73. The molecule has 0 aliphatic rings. The Kier molecular flexibility index (Phi) is 4.49. The molecule has 0 unspecified atom stereocenters. The van der Waals surface area contributed by atoms with Gasteiger partial charge in [0.2, 0.25) is 5.88 Å². The van der Waals surface area contributed by atoms with E-state index in [4.69, 9.17) is 9.47 Å².